The Morgan fingerprint density at radius 1 is 1.31 bits per heavy atom. The number of hydrogen-bond acceptors (Lipinski definition) is 3. The van der Waals surface area contributed by atoms with Crippen molar-refractivity contribution in [1.29, 1.82) is 0 Å². The van der Waals surface area contributed by atoms with Crippen LogP contribution in [0.4, 0.5) is 0 Å². The van der Waals surface area contributed by atoms with Gasteiger partial charge >= 0.3 is 0 Å². The van der Waals surface area contributed by atoms with Gasteiger partial charge in [0.2, 0.25) is 0 Å². The van der Waals surface area contributed by atoms with Crippen molar-refractivity contribution in [3.05, 3.63) is 0 Å². The molecule has 0 aliphatic carbocycles. The van der Waals surface area contributed by atoms with Crippen LogP contribution in [0.15, 0.2) is 0 Å². The van der Waals surface area contributed by atoms with Crippen molar-refractivity contribution in [2.24, 2.45) is 5.92 Å². The van der Waals surface area contributed by atoms with Crippen LogP contribution in [-0.4, -0.2) is 50.8 Å². The van der Waals surface area contributed by atoms with Gasteiger partial charge in [-0.15, -0.1) is 0 Å². The van der Waals surface area contributed by atoms with E-state index in [1.54, 1.807) is 0 Å². The average Bonchev–Trinajstić information content (AvgIpc) is 2.34. The molecule has 1 unspecified atom stereocenters. The molecule has 1 aliphatic heterocycles. The molecule has 0 radical (unpaired) electrons. The van der Waals surface area contributed by atoms with Crippen molar-refractivity contribution in [3.8, 4) is 0 Å². The summed E-state index contributed by atoms with van der Waals surface area (Å²) in [4.78, 5) is 2.54. The number of rotatable bonds is 7. The molecular formula is C13H28N2O. The number of ether oxygens (including phenoxy) is 1. The van der Waals surface area contributed by atoms with Crippen LogP contribution >= 0.6 is 0 Å². The van der Waals surface area contributed by atoms with E-state index in [1.165, 1.54) is 25.9 Å². The summed E-state index contributed by atoms with van der Waals surface area (Å²) in [6, 6.07) is 0.665. The summed E-state index contributed by atoms with van der Waals surface area (Å²) in [7, 11) is 2.07. The Morgan fingerprint density at radius 2 is 2.00 bits per heavy atom. The number of piperidine rings is 1. The minimum atomic E-state index is 0.665. The van der Waals surface area contributed by atoms with E-state index in [1.807, 2.05) is 0 Å². The molecule has 3 nitrogen and oxygen atoms in total. The maximum atomic E-state index is 5.53. The molecule has 1 N–H and O–H groups in total. The molecule has 1 atom stereocenters. The van der Waals surface area contributed by atoms with Gasteiger partial charge in [-0.3, -0.25) is 0 Å². The topological polar surface area (TPSA) is 24.5 Å². The van der Waals surface area contributed by atoms with E-state index in [-0.39, 0.29) is 0 Å². The summed E-state index contributed by atoms with van der Waals surface area (Å²) in [6.07, 6.45) is 3.79. The fourth-order valence-electron chi connectivity index (χ4n) is 2.35. The Bertz CT molecular complexity index is 167. The van der Waals surface area contributed by atoms with Crippen LogP contribution in [0.25, 0.3) is 0 Å². The predicted octanol–water partition coefficient (Wildman–Crippen LogP) is 1.73. The molecule has 0 aromatic rings. The van der Waals surface area contributed by atoms with Crippen molar-refractivity contribution in [3.63, 3.8) is 0 Å². The minimum absolute atomic E-state index is 0.665. The summed E-state index contributed by atoms with van der Waals surface area (Å²) in [5.41, 5.74) is 0. The molecule has 0 saturated carbocycles. The predicted molar refractivity (Wildman–Crippen MR) is 68.8 cm³/mol. The third-order valence-corrected chi connectivity index (χ3v) is 3.69. The van der Waals surface area contributed by atoms with Crippen LogP contribution in [0.3, 0.4) is 0 Å². The molecule has 0 aromatic carbocycles. The Kier molecular flexibility index (Phi) is 7.01. The summed E-state index contributed by atoms with van der Waals surface area (Å²) in [5.74, 6) is 0.859. The molecule has 3 heteroatoms. The highest BCUT2D eigenvalue weighted by Gasteiger charge is 2.22. The lowest BCUT2D eigenvalue weighted by Crippen LogP contribution is -2.41. The van der Waals surface area contributed by atoms with Gasteiger partial charge in [-0.05, 0) is 52.2 Å². The molecule has 1 saturated heterocycles. The largest absolute Gasteiger partial charge is 0.380 e. The highest BCUT2D eigenvalue weighted by atomic mass is 16.5. The monoisotopic (exact) mass is 228 g/mol. The molecule has 1 rings (SSSR count). The molecule has 1 fully saturated rings. The van der Waals surface area contributed by atoms with Crippen LogP contribution in [0.1, 0.15) is 33.1 Å². The van der Waals surface area contributed by atoms with Gasteiger partial charge in [0.25, 0.3) is 0 Å². The second-order valence-corrected chi connectivity index (χ2v) is 4.87. The van der Waals surface area contributed by atoms with Crippen molar-refractivity contribution in [2.45, 2.75) is 39.2 Å². The molecule has 0 amide bonds. The summed E-state index contributed by atoms with van der Waals surface area (Å²) < 4.78 is 5.53. The highest BCUT2D eigenvalue weighted by Crippen LogP contribution is 2.19. The number of nitrogens with zero attached hydrogens (tertiary/aromatic N) is 1. The van der Waals surface area contributed by atoms with Crippen molar-refractivity contribution in [2.75, 3.05) is 39.9 Å². The smallest absolute Gasteiger partial charge is 0.0593 e. The lowest BCUT2D eigenvalue weighted by molar-refractivity contribution is 0.0851. The summed E-state index contributed by atoms with van der Waals surface area (Å²) in [6.45, 7) is 9.86. The SMILES string of the molecule is CCCOCCN1CCC(C(C)NC)CC1. The highest BCUT2D eigenvalue weighted by molar-refractivity contribution is 4.78. The first-order chi connectivity index (χ1) is 7.77. The van der Waals surface area contributed by atoms with E-state index in [2.05, 4.69) is 31.1 Å². The Hall–Kier alpha value is -0.120. The standard InChI is InChI=1S/C13H28N2O/c1-4-10-16-11-9-15-7-5-13(6-8-15)12(2)14-3/h12-14H,4-11H2,1-3H3. The van der Waals surface area contributed by atoms with Gasteiger partial charge in [-0.2, -0.15) is 0 Å². The molecule has 0 bridgehead atoms. The average molecular weight is 228 g/mol. The van der Waals surface area contributed by atoms with Gasteiger partial charge in [0.1, 0.15) is 0 Å². The van der Waals surface area contributed by atoms with Crippen molar-refractivity contribution in [1.82, 2.24) is 10.2 Å². The normalized spacial score (nSPS) is 21.2. The third-order valence-electron chi connectivity index (χ3n) is 3.69. The maximum absolute atomic E-state index is 5.53. The van der Waals surface area contributed by atoms with Crippen LogP contribution < -0.4 is 5.32 Å². The van der Waals surface area contributed by atoms with Gasteiger partial charge < -0.3 is 15.0 Å². The van der Waals surface area contributed by atoms with Gasteiger partial charge in [-0.25, -0.2) is 0 Å². The lowest BCUT2D eigenvalue weighted by Gasteiger charge is -2.34. The van der Waals surface area contributed by atoms with Gasteiger partial charge in [0.15, 0.2) is 0 Å². The van der Waals surface area contributed by atoms with E-state index in [0.29, 0.717) is 6.04 Å². The first-order valence-corrected chi connectivity index (χ1v) is 6.75. The van der Waals surface area contributed by atoms with E-state index < -0.39 is 0 Å². The van der Waals surface area contributed by atoms with Gasteiger partial charge in [0, 0.05) is 19.2 Å². The Balaban J connectivity index is 2.07. The van der Waals surface area contributed by atoms with Gasteiger partial charge in [-0.1, -0.05) is 6.92 Å². The first kappa shape index (κ1) is 13.9. The van der Waals surface area contributed by atoms with Crippen LogP contribution in [0.5, 0.6) is 0 Å². The van der Waals surface area contributed by atoms with Crippen molar-refractivity contribution >= 4 is 0 Å². The number of hydrogen-bond donors (Lipinski definition) is 1. The molecule has 96 valence electrons. The van der Waals surface area contributed by atoms with Crippen molar-refractivity contribution < 1.29 is 4.74 Å². The molecular weight excluding hydrogens is 200 g/mol. The second-order valence-electron chi connectivity index (χ2n) is 4.87. The molecule has 1 heterocycles. The van der Waals surface area contributed by atoms with Crippen LogP contribution in [-0.2, 0) is 4.74 Å². The third kappa shape index (κ3) is 4.81. The quantitative estimate of drug-likeness (QED) is 0.672. The molecule has 0 aromatic heterocycles. The fourth-order valence-corrected chi connectivity index (χ4v) is 2.35. The van der Waals surface area contributed by atoms with Crippen LogP contribution in [0, 0.1) is 5.92 Å². The van der Waals surface area contributed by atoms with E-state index in [0.717, 1.165) is 32.1 Å². The summed E-state index contributed by atoms with van der Waals surface area (Å²) in [5, 5.41) is 3.37. The van der Waals surface area contributed by atoms with E-state index in [4.69, 9.17) is 4.74 Å². The van der Waals surface area contributed by atoms with Crippen LogP contribution in [0.2, 0.25) is 0 Å². The minimum Gasteiger partial charge on any atom is -0.380 e. The van der Waals surface area contributed by atoms with E-state index >= 15 is 0 Å². The summed E-state index contributed by atoms with van der Waals surface area (Å²) >= 11 is 0. The zero-order valence-electron chi connectivity index (χ0n) is 11.2. The van der Waals surface area contributed by atoms with E-state index in [9.17, 15) is 0 Å². The second kappa shape index (κ2) is 8.04. The Morgan fingerprint density at radius 3 is 2.56 bits per heavy atom. The zero-order valence-corrected chi connectivity index (χ0v) is 11.2. The number of nitrogens with one attached hydrogen (secondary N) is 1. The molecule has 0 spiro atoms. The Labute approximate surface area is 101 Å². The lowest BCUT2D eigenvalue weighted by atomic mass is 9.90. The molecule has 1 aliphatic rings. The van der Waals surface area contributed by atoms with Gasteiger partial charge in [0.05, 0.1) is 6.61 Å². The fraction of sp³-hybridized carbons (Fsp3) is 1.00. The maximum Gasteiger partial charge on any atom is 0.0593 e. The molecule has 16 heavy (non-hydrogen) atoms. The first-order valence-electron chi connectivity index (χ1n) is 6.75. The zero-order chi connectivity index (χ0) is 11.8. The number of likely N-dealkylation sites (tertiary alicyclic amines) is 1.